The first-order valence-corrected chi connectivity index (χ1v) is 10.3. The minimum absolute atomic E-state index is 0.0380. The van der Waals surface area contributed by atoms with E-state index in [-0.39, 0.29) is 15.8 Å². The molecule has 0 saturated heterocycles. The molecule has 1 heterocycles. The van der Waals surface area contributed by atoms with Gasteiger partial charge < -0.3 is 4.90 Å². The molecule has 0 aromatic heterocycles. The summed E-state index contributed by atoms with van der Waals surface area (Å²) in [5.74, 6) is 0.457. The Morgan fingerprint density at radius 3 is 2.58 bits per heavy atom. The molecule has 0 atom stereocenters. The van der Waals surface area contributed by atoms with Gasteiger partial charge in [-0.3, -0.25) is 9.52 Å². The topological polar surface area (TPSA) is 66.5 Å². The molecule has 0 spiro atoms. The minimum atomic E-state index is -3.78. The SMILES string of the molecule is CC(C)CN1C(=O)CCc2cc(NS(=O)(=O)c3ccccc3Cl)ccc21. The van der Waals surface area contributed by atoms with Crippen LogP contribution in [0.1, 0.15) is 25.8 Å². The van der Waals surface area contributed by atoms with Gasteiger partial charge in [0.1, 0.15) is 4.90 Å². The van der Waals surface area contributed by atoms with Gasteiger partial charge in [0.15, 0.2) is 0 Å². The summed E-state index contributed by atoms with van der Waals surface area (Å²) in [4.78, 5) is 14.1. The van der Waals surface area contributed by atoms with Gasteiger partial charge in [-0.15, -0.1) is 0 Å². The summed E-state index contributed by atoms with van der Waals surface area (Å²) >= 11 is 6.01. The van der Waals surface area contributed by atoms with E-state index < -0.39 is 10.0 Å². The molecule has 0 radical (unpaired) electrons. The number of anilines is 2. The Morgan fingerprint density at radius 2 is 1.88 bits per heavy atom. The molecule has 1 amide bonds. The van der Waals surface area contributed by atoms with Crippen LogP contribution in [-0.4, -0.2) is 20.9 Å². The van der Waals surface area contributed by atoms with Crippen LogP contribution in [-0.2, 0) is 21.2 Å². The largest absolute Gasteiger partial charge is 0.312 e. The maximum Gasteiger partial charge on any atom is 0.263 e. The predicted molar refractivity (Wildman–Crippen MR) is 104 cm³/mol. The van der Waals surface area contributed by atoms with Crippen molar-refractivity contribution in [2.75, 3.05) is 16.2 Å². The molecule has 1 N–H and O–H groups in total. The average molecular weight is 393 g/mol. The van der Waals surface area contributed by atoms with E-state index in [2.05, 4.69) is 18.6 Å². The van der Waals surface area contributed by atoms with Crippen LogP contribution in [0.4, 0.5) is 11.4 Å². The van der Waals surface area contributed by atoms with Crippen molar-refractivity contribution in [2.45, 2.75) is 31.6 Å². The van der Waals surface area contributed by atoms with Gasteiger partial charge in [0.05, 0.1) is 5.02 Å². The van der Waals surface area contributed by atoms with E-state index in [1.165, 1.54) is 6.07 Å². The Bertz CT molecular complexity index is 942. The molecule has 3 rings (SSSR count). The highest BCUT2D eigenvalue weighted by atomic mass is 35.5. The van der Waals surface area contributed by atoms with Crippen molar-refractivity contribution in [1.82, 2.24) is 0 Å². The Labute approximate surface area is 159 Å². The molecule has 7 heteroatoms. The zero-order valence-electron chi connectivity index (χ0n) is 14.7. The molecule has 2 aromatic rings. The highest BCUT2D eigenvalue weighted by molar-refractivity contribution is 7.92. The van der Waals surface area contributed by atoms with Crippen molar-refractivity contribution in [1.29, 1.82) is 0 Å². The molecule has 0 aliphatic carbocycles. The van der Waals surface area contributed by atoms with Crippen LogP contribution in [0.2, 0.25) is 5.02 Å². The molecule has 0 saturated carbocycles. The summed E-state index contributed by atoms with van der Waals surface area (Å²) in [6.45, 7) is 4.78. The summed E-state index contributed by atoms with van der Waals surface area (Å²) < 4.78 is 27.8. The van der Waals surface area contributed by atoms with Gasteiger partial charge in [0, 0.05) is 24.3 Å². The second-order valence-electron chi connectivity index (χ2n) is 6.78. The van der Waals surface area contributed by atoms with Crippen molar-refractivity contribution >= 4 is 38.9 Å². The number of hydrogen-bond donors (Lipinski definition) is 1. The van der Waals surface area contributed by atoms with E-state index in [0.29, 0.717) is 31.0 Å². The van der Waals surface area contributed by atoms with Crippen LogP contribution in [0.5, 0.6) is 0 Å². The van der Waals surface area contributed by atoms with E-state index in [1.807, 2.05) is 0 Å². The standard InChI is InChI=1S/C19H21ClN2O3S/c1-13(2)12-22-17-9-8-15(11-14(17)7-10-19(22)23)21-26(24,25)18-6-4-3-5-16(18)20/h3-6,8-9,11,13,21H,7,10,12H2,1-2H3. The van der Waals surface area contributed by atoms with Crippen LogP contribution in [0.15, 0.2) is 47.4 Å². The first kappa shape index (κ1) is 18.7. The van der Waals surface area contributed by atoms with Crippen LogP contribution in [0, 0.1) is 5.92 Å². The number of hydrogen-bond acceptors (Lipinski definition) is 3. The number of benzene rings is 2. The first-order chi connectivity index (χ1) is 12.3. The fourth-order valence-corrected chi connectivity index (χ4v) is 4.63. The highest BCUT2D eigenvalue weighted by Crippen LogP contribution is 2.32. The summed E-state index contributed by atoms with van der Waals surface area (Å²) in [6.07, 6.45) is 1.03. The second kappa shape index (κ2) is 7.29. The van der Waals surface area contributed by atoms with Crippen LogP contribution >= 0.6 is 11.6 Å². The lowest BCUT2D eigenvalue weighted by atomic mass is 9.99. The first-order valence-electron chi connectivity index (χ1n) is 8.48. The molecule has 0 unspecified atom stereocenters. The molecule has 1 aliphatic heterocycles. The van der Waals surface area contributed by atoms with Crippen LogP contribution in [0.25, 0.3) is 0 Å². The third kappa shape index (κ3) is 3.86. The number of aryl methyl sites for hydroxylation is 1. The lowest BCUT2D eigenvalue weighted by Gasteiger charge is -2.31. The molecule has 2 aromatic carbocycles. The Balaban J connectivity index is 1.90. The summed E-state index contributed by atoms with van der Waals surface area (Å²) in [6, 6.07) is 11.6. The molecule has 26 heavy (non-hydrogen) atoms. The zero-order valence-corrected chi connectivity index (χ0v) is 16.3. The number of sulfonamides is 1. The third-order valence-corrected chi connectivity index (χ3v) is 6.09. The number of nitrogens with zero attached hydrogens (tertiary/aromatic N) is 1. The van der Waals surface area contributed by atoms with Crippen molar-refractivity contribution in [3.05, 3.63) is 53.1 Å². The Kier molecular flexibility index (Phi) is 5.25. The molecule has 0 fully saturated rings. The Hall–Kier alpha value is -2.05. The number of fused-ring (bicyclic) bond motifs is 1. The lowest BCUT2D eigenvalue weighted by Crippen LogP contribution is -2.37. The van der Waals surface area contributed by atoms with Gasteiger partial charge >= 0.3 is 0 Å². The van der Waals surface area contributed by atoms with Crippen molar-refractivity contribution in [2.24, 2.45) is 5.92 Å². The number of nitrogens with one attached hydrogen (secondary N) is 1. The minimum Gasteiger partial charge on any atom is -0.312 e. The number of carbonyl (C=O) groups excluding carboxylic acids is 1. The second-order valence-corrected chi connectivity index (χ2v) is 8.84. The molecule has 0 bridgehead atoms. The van der Waals surface area contributed by atoms with Gasteiger partial charge in [-0.2, -0.15) is 0 Å². The normalized spacial score (nSPS) is 14.5. The molecular formula is C19H21ClN2O3S. The van der Waals surface area contributed by atoms with E-state index in [4.69, 9.17) is 11.6 Å². The van der Waals surface area contributed by atoms with Gasteiger partial charge in [0.2, 0.25) is 5.91 Å². The monoisotopic (exact) mass is 392 g/mol. The quantitative estimate of drug-likeness (QED) is 0.833. The average Bonchev–Trinajstić information content (AvgIpc) is 2.57. The van der Waals surface area contributed by atoms with Crippen molar-refractivity contribution in [3.63, 3.8) is 0 Å². The number of carbonyl (C=O) groups is 1. The molecule has 5 nitrogen and oxygen atoms in total. The van der Waals surface area contributed by atoms with E-state index in [9.17, 15) is 13.2 Å². The third-order valence-electron chi connectivity index (χ3n) is 4.21. The maximum absolute atomic E-state index is 12.6. The predicted octanol–water partition coefficient (Wildman–Crippen LogP) is 4.08. The van der Waals surface area contributed by atoms with Crippen LogP contribution in [0.3, 0.4) is 0 Å². The van der Waals surface area contributed by atoms with Gasteiger partial charge in [-0.1, -0.05) is 37.6 Å². The summed E-state index contributed by atoms with van der Waals surface area (Å²) in [5.41, 5.74) is 2.28. The van der Waals surface area contributed by atoms with Crippen molar-refractivity contribution in [3.8, 4) is 0 Å². The van der Waals surface area contributed by atoms with Gasteiger partial charge in [0.25, 0.3) is 10.0 Å². The highest BCUT2D eigenvalue weighted by Gasteiger charge is 2.25. The molecular weight excluding hydrogens is 372 g/mol. The fraction of sp³-hybridized carbons (Fsp3) is 0.316. The van der Waals surface area contributed by atoms with Gasteiger partial charge in [-0.25, -0.2) is 8.42 Å². The van der Waals surface area contributed by atoms with Gasteiger partial charge in [-0.05, 0) is 48.2 Å². The smallest absolute Gasteiger partial charge is 0.263 e. The molecule has 1 aliphatic rings. The number of rotatable bonds is 5. The van der Waals surface area contributed by atoms with E-state index in [0.717, 1.165) is 11.3 Å². The number of amides is 1. The number of halogens is 1. The van der Waals surface area contributed by atoms with Crippen LogP contribution < -0.4 is 9.62 Å². The lowest BCUT2D eigenvalue weighted by molar-refractivity contribution is -0.119. The fourth-order valence-electron chi connectivity index (χ4n) is 3.06. The van der Waals surface area contributed by atoms with E-state index in [1.54, 1.807) is 41.3 Å². The molecule has 138 valence electrons. The maximum atomic E-state index is 12.6. The zero-order chi connectivity index (χ0) is 18.9. The summed E-state index contributed by atoms with van der Waals surface area (Å²) in [5, 5.41) is 0.173. The Morgan fingerprint density at radius 1 is 1.15 bits per heavy atom. The van der Waals surface area contributed by atoms with E-state index >= 15 is 0 Å². The summed E-state index contributed by atoms with van der Waals surface area (Å²) in [7, 11) is -3.78. The van der Waals surface area contributed by atoms with Crippen molar-refractivity contribution < 1.29 is 13.2 Å².